The van der Waals surface area contributed by atoms with Crippen LogP contribution < -0.4 is 10.5 Å². The topological polar surface area (TPSA) is 116 Å². The van der Waals surface area contributed by atoms with Crippen LogP contribution in [-0.4, -0.2) is 33.4 Å². The Labute approximate surface area is 136 Å². The van der Waals surface area contributed by atoms with Crippen molar-refractivity contribution in [3.63, 3.8) is 0 Å². The predicted molar refractivity (Wildman–Crippen MR) is 85.3 cm³/mol. The molecule has 1 aromatic carbocycles. The molecule has 0 radical (unpaired) electrons. The molecule has 1 unspecified atom stereocenters. The average molecular weight is 342 g/mol. The summed E-state index contributed by atoms with van der Waals surface area (Å²) >= 11 is 0. The summed E-state index contributed by atoms with van der Waals surface area (Å²) in [7, 11) is -2.84. The van der Waals surface area contributed by atoms with E-state index in [-0.39, 0.29) is 10.5 Å². The van der Waals surface area contributed by atoms with Gasteiger partial charge in [0.15, 0.2) is 0 Å². The molecule has 0 aliphatic rings. The van der Waals surface area contributed by atoms with Crippen molar-refractivity contribution in [1.29, 1.82) is 0 Å². The maximum atomic E-state index is 12.5. The summed E-state index contributed by atoms with van der Waals surface area (Å²) in [6, 6.07) is 2.95. The number of carbonyl (C=O) groups is 2. The van der Waals surface area contributed by atoms with Crippen molar-refractivity contribution >= 4 is 21.9 Å². The summed E-state index contributed by atoms with van der Waals surface area (Å²) in [4.78, 5) is 23.1. The van der Waals surface area contributed by atoms with Crippen molar-refractivity contribution in [3.8, 4) is 0 Å². The molecule has 0 fully saturated rings. The van der Waals surface area contributed by atoms with Crippen LogP contribution in [0.4, 0.5) is 0 Å². The van der Waals surface area contributed by atoms with E-state index < -0.39 is 33.4 Å². The molecular formula is C15H22N2O5S. The number of ether oxygens (including phenoxy) is 1. The van der Waals surface area contributed by atoms with Crippen LogP contribution >= 0.6 is 0 Å². The molecule has 7 nitrogen and oxygen atoms in total. The summed E-state index contributed by atoms with van der Waals surface area (Å²) in [5, 5.41) is 0. The zero-order valence-electron chi connectivity index (χ0n) is 13.8. The summed E-state index contributed by atoms with van der Waals surface area (Å²) in [6.07, 6.45) is 0. The van der Waals surface area contributed by atoms with Crippen LogP contribution in [0.3, 0.4) is 0 Å². The highest BCUT2D eigenvalue weighted by molar-refractivity contribution is 7.89. The van der Waals surface area contributed by atoms with E-state index in [9.17, 15) is 18.0 Å². The van der Waals surface area contributed by atoms with Gasteiger partial charge in [-0.15, -0.1) is 0 Å². The Kier molecular flexibility index (Phi) is 5.55. The van der Waals surface area contributed by atoms with Gasteiger partial charge in [-0.05, 0) is 30.0 Å². The normalized spacial score (nSPS) is 13.4. The molecule has 8 heteroatoms. The first-order valence-electron chi connectivity index (χ1n) is 6.90. The number of rotatable bonds is 5. The minimum absolute atomic E-state index is 0.109. The molecule has 0 aliphatic heterocycles. The van der Waals surface area contributed by atoms with Gasteiger partial charge in [-0.3, -0.25) is 9.59 Å². The maximum Gasteiger partial charge on any atom is 0.324 e. The monoisotopic (exact) mass is 342 g/mol. The van der Waals surface area contributed by atoms with Crippen LogP contribution in [0.15, 0.2) is 23.1 Å². The number of hydrogen-bond donors (Lipinski definition) is 2. The van der Waals surface area contributed by atoms with E-state index in [1.807, 2.05) is 0 Å². The SMILES string of the molecule is COC(=O)C(NS(=O)(=O)c1ccc(C)c(C(N)=O)c1)C(C)(C)C. The smallest absolute Gasteiger partial charge is 0.324 e. The molecule has 1 aromatic rings. The lowest BCUT2D eigenvalue weighted by atomic mass is 9.87. The highest BCUT2D eigenvalue weighted by Gasteiger charge is 2.36. The number of primary amides is 1. The van der Waals surface area contributed by atoms with E-state index in [1.165, 1.54) is 25.3 Å². The quantitative estimate of drug-likeness (QED) is 0.773. The lowest BCUT2D eigenvalue weighted by Crippen LogP contribution is -2.49. The van der Waals surface area contributed by atoms with E-state index in [4.69, 9.17) is 5.73 Å². The Morgan fingerprint density at radius 2 is 1.83 bits per heavy atom. The number of sulfonamides is 1. The van der Waals surface area contributed by atoms with Gasteiger partial charge >= 0.3 is 5.97 Å². The van der Waals surface area contributed by atoms with E-state index in [1.54, 1.807) is 27.7 Å². The second kappa shape index (κ2) is 6.67. The minimum Gasteiger partial charge on any atom is -0.468 e. The van der Waals surface area contributed by atoms with Gasteiger partial charge in [0.1, 0.15) is 6.04 Å². The van der Waals surface area contributed by atoms with Gasteiger partial charge in [-0.1, -0.05) is 26.8 Å². The number of hydrogen-bond acceptors (Lipinski definition) is 5. The molecule has 23 heavy (non-hydrogen) atoms. The lowest BCUT2D eigenvalue weighted by molar-refractivity contribution is -0.145. The zero-order valence-corrected chi connectivity index (χ0v) is 14.7. The standard InChI is InChI=1S/C15H22N2O5S/c1-9-6-7-10(8-11(9)13(16)18)23(20,21)17-12(14(19)22-5)15(2,3)4/h6-8,12,17H,1-5H3,(H2,16,18). The summed E-state index contributed by atoms with van der Waals surface area (Å²) in [6.45, 7) is 6.78. The largest absolute Gasteiger partial charge is 0.468 e. The van der Waals surface area contributed by atoms with Crippen LogP contribution in [0.1, 0.15) is 36.7 Å². The van der Waals surface area contributed by atoms with Crippen molar-refractivity contribution in [2.24, 2.45) is 11.1 Å². The Bertz CT molecular complexity index is 720. The van der Waals surface area contributed by atoms with Gasteiger partial charge in [0, 0.05) is 5.56 Å². The van der Waals surface area contributed by atoms with Crippen LogP contribution in [0.2, 0.25) is 0 Å². The molecule has 3 N–H and O–H groups in total. The van der Waals surface area contributed by atoms with Crippen LogP contribution in [0.5, 0.6) is 0 Å². The third-order valence-electron chi connectivity index (χ3n) is 3.36. The first-order valence-corrected chi connectivity index (χ1v) is 8.39. The van der Waals surface area contributed by atoms with E-state index in [2.05, 4.69) is 9.46 Å². The summed E-state index contributed by atoms with van der Waals surface area (Å²) in [5.41, 5.74) is 5.22. The highest BCUT2D eigenvalue weighted by atomic mass is 32.2. The number of nitrogens with two attached hydrogens (primary N) is 1. The third kappa shape index (κ3) is 4.52. The zero-order chi connectivity index (χ0) is 18.0. The molecule has 1 amide bonds. The summed E-state index contributed by atoms with van der Waals surface area (Å²) < 4.78 is 32.0. The molecule has 1 atom stereocenters. The molecule has 0 saturated carbocycles. The highest BCUT2D eigenvalue weighted by Crippen LogP contribution is 2.23. The van der Waals surface area contributed by atoms with E-state index in [0.29, 0.717) is 5.56 Å². The van der Waals surface area contributed by atoms with Crippen molar-refractivity contribution < 1.29 is 22.7 Å². The number of carbonyl (C=O) groups excluding carboxylic acids is 2. The number of esters is 1. The minimum atomic E-state index is -4.03. The maximum absolute atomic E-state index is 12.5. The fourth-order valence-corrected chi connectivity index (χ4v) is 3.37. The van der Waals surface area contributed by atoms with Gasteiger partial charge in [-0.2, -0.15) is 4.72 Å². The molecule has 0 aliphatic carbocycles. The Hall–Kier alpha value is -1.93. The van der Waals surface area contributed by atoms with Gasteiger partial charge < -0.3 is 10.5 Å². The predicted octanol–water partition coefficient (Wildman–Crippen LogP) is 0.960. The van der Waals surface area contributed by atoms with Gasteiger partial charge in [0.2, 0.25) is 15.9 Å². The fourth-order valence-electron chi connectivity index (χ4n) is 1.95. The lowest BCUT2D eigenvalue weighted by Gasteiger charge is -2.28. The fraction of sp³-hybridized carbons (Fsp3) is 0.467. The number of methoxy groups -OCH3 is 1. The number of benzene rings is 1. The Morgan fingerprint density at radius 1 is 1.26 bits per heavy atom. The average Bonchev–Trinajstić information content (AvgIpc) is 2.42. The third-order valence-corrected chi connectivity index (χ3v) is 4.78. The van der Waals surface area contributed by atoms with Crippen LogP contribution in [0.25, 0.3) is 0 Å². The molecule has 0 heterocycles. The van der Waals surface area contributed by atoms with Crippen molar-refractivity contribution in [1.82, 2.24) is 4.72 Å². The molecular weight excluding hydrogens is 320 g/mol. The van der Waals surface area contributed by atoms with Crippen LogP contribution in [0, 0.1) is 12.3 Å². The molecule has 0 spiro atoms. The van der Waals surface area contributed by atoms with Crippen molar-refractivity contribution in [2.75, 3.05) is 7.11 Å². The molecule has 128 valence electrons. The molecule has 1 rings (SSSR count). The van der Waals surface area contributed by atoms with Gasteiger partial charge in [0.05, 0.1) is 12.0 Å². The number of amides is 1. The van der Waals surface area contributed by atoms with Gasteiger partial charge in [0.25, 0.3) is 0 Å². The molecule has 0 saturated heterocycles. The van der Waals surface area contributed by atoms with E-state index >= 15 is 0 Å². The molecule has 0 aromatic heterocycles. The Balaban J connectivity index is 3.28. The Morgan fingerprint density at radius 3 is 2.26 bits per heavy atom. The number of nitrogens with one attached hydrogen (secondary N) is 1. The van der Waals surface area contributed by atoms with Crippen LogP contribution in [-0.2, 0) is 19.6 Å². The van der Waals surface area contributed by atoms with Gasteiger partial charge in [-0.25, -0.2) is 8.42 Å². The van der Waals surface area contributed by atoms with Crippen molar-refractivity contribution in [3.05, 3.63) is 29.3 Å². The first-order chi connectivity index (χ1) is 10.4. The number of aryl methyl sites for hydroxylation is 1. The molecule has 0 bridgehead atoms. The second-order valence-corrected chi connectivity index (χ2v) is 8.00. The summed E-state index contributed by atoms with van der Waals surface area (Å²) in [5.74, 6) is -1.41. The van der Waals surface area contributed by atoms with Crippen molar-refractivity contribution in [2.45, 2.75) is 38.6 Å². The first kappa shape index (κ1) is 19.1. The van der Waals surface area contributed by atoms with E-state index in [0.717, 1.165) is 0 Å². The second-order valence-electron chi connectivity index (χ2n) is 6.28.